The maximum absolute atomic E-state index is 12.7. The zero-order valence-corrected chi connectivity index (χ0v) is 14.7. The first-order valence-electron chi connectivity index (χ1n) is 7.83. The number of thiazole rings is 1. The number of aromatic nitrogens is 2. The topological polar surface area (TPSA) is 64.1 Å². The van der Waals surface area contributed by atoms with Crippen LogP contribution >= 0.6 is 11.3 Å². The number of rotatable bonds is 6. The quantitative estimate of drug-likeness (QED) is 0.686. The molecular weight excluding hydrogens is 379 g/mol. The summed E-state index contributed by atoms with van der Waals surface area (Å²) in [5, 5.41) is 4.80. The van der Waals surface area contributed by atoms with Crippen molar-refractivity contribution in [3.63, 3.8) is 0 Å². The molecule has 0 saturated carbocycles. The highest BCUT2D eigenvalue weighted by molar-refractivity contribution is 7.09. The van der Waals surface area contributed by atoms with Gasteiger partial charge in [-0.2, -0.15) is 13.2 Å². The molecule has 0 spiro atoms. The summed E-state index contributed by atoms with van der Waals surface area (Å²) < 4.78 is 43.5. The molecule has 27 heavy (non-hydrogen) atoms. The number of ether oxygens (including phenoxy) is 1. The van der Waals surface area contributed by atoms with Crippen LogP contribution in [0.3, 0.4) is 0 Å². The largest absolute Gasteiger partial charge is 0.486 e. The molecule has 3 aromatic rings. The predicted molar refractivity (Wildman–Crippen MR) is 93.3 cm³/mol. The van der Waals surface area contributed by atoms with E-state index in [-0.39, 0.29) is 24.0 Å². The minimum Gasteiger partial charge on any atom is -0.486 e. The zero-order chi connectivity index (χ0) is 19.3. The van der Waals surface area contributed by atoms with Gasteiger partial charge in [0.05, 0.1) is 5.56 Å². The molecule has 0 bridgehead atoms. The van der Waals surface area contributed by atoms with Gasteiger partial charge in [-0.05, 0) is 35.9 Å². The third kappa shape index (κ3) is 5.27. The monoisotopic (exact) mass is 393 g/mol. The van der Waals surface area contributed by atoms with Crippen molar-refractivity contribution in [3.8, 4) is 5.75 Å². The molecule has 0 saturated heterocycles. The van der Waals surface area contributed by atoms with E-state index in [0.29, 0.717) is 11.6 Å². The summed E-state index contributed by atoms with van der Waals surface area (Å²) >= 11 is 1.20. The molecule has 9 heteroatoms. The lowest BCUT2D eigenvalue weighted by Gasteiger charge is -2.09. The van der Waals surface area contributed by atoms with Crippen LogP contribution in [0.4, 0.5) is 13.2 Å². The average Bonchev–Trinajstić information content (AvgIpc) is 3.14. The van der Waals surface area contributed by atoms with E-state index in [1.807, 2.05) is 0 Å². The Hall–Kier alpha value is -2.94. The summed E-state index contributed by atoms with van der Waals surface area (Å²) in [6.07, 6.45) is -1.16. The molecule has 140 valence electrons. The van der Waals surface area contributed by atoms with Crippen molar-refractivity contribution in [2.75, 3.05) is 0 Å². The van der Waals surface area contributed by atoms with Gasteiger partial charge in [-0.25, -0.2) is 4.98 Å². The van der Waals surface area contributed by atoms with Gasteiger partial charge < -0.3 is 10.1 Å². The Balaban J connectivity index is 1.56. The second kappa shape index (κ2) is 8.17. The second-order valence-corrected chi connectivity index (χ2v) is 6.42. The van der Waals surface area contributed by atoms with E-state index in [4.69, 9.17) is 4.74 Å². The maximum atomic E-state index is 12.7. The third-order valence-electron chi connectivity index (χ3n) is 3.51. The van der Waals surface area contributed by atoms with Gasteiger partial charge in [0.25, 0.3) is 5.91 Å². The van der Waals surface area contributed by atoms with Gasteiger partial charge in [0, 0.05) is 24.3 Å². The van der Waals surface area contributed by atoms with Gasteiger partial charge in [0.15, 0.2) is 0 Å². The van der Waals surface area contributed by atoms with E-state index in [0.717, 1.165) is 17.7 Å². The van der Waals surface area contributed by atoms with Crippen LogP contribution in [0.1, 0.15) is 26.6 Å². The molecule has 0 aliphatic rings. The van der Waals surface area contributed by atoms with Crippen LogP contribution in [-0.2, 0) is 19.3 Å². The summed E-state index contributed by atoms with van der Waals surface area (Å²) in [5.74, 6) is -0.253. The highest BCUT2D eigenvalue weighted by Crippen LogP contribution is 2.31. The fourth-order valence-corrected chi connectivity index (χ4v) is 2.85. The number of nitrogens with zero attached hydrogens (tertiary/aromatic N) is 2. The lowest BCUT2D eigenvalue weighted by Crippen LogP contribution is -2.23. The summed E-state index contributed by atoms with van der Waals surface area (Å²) in [4.78, 5) is 20.2. The van der Waals surface area contributed by atoms with Gasteiger partial charge >= 0.3 is 6.18 Å². The summed E-state index contributed by atoms with van der Waals surface area (Å²) in [7, 11) is 0. The van der Waals surface area contributed by atoms with E-state index in [2.05, 4.69) is 15.3 Å². The molecule has 2 aromatic heterocycles. The fourth-order valence-electron chi connectivity index (χ4n) is 2.16. The number of hydrogen-bond acceptors (Lipinski definition) is 5. The summed E-state index contributed by atoms with van der Waals surface area (Å²) in [5.41, 5.74) is 0.355. The number of carbonyl (C=O) groups excluding carboxylic acids is 1. The zero-order valence-electron chi connectivity index (χ0n) is 13.9. The lowest BCUT2D eigenvalue weighted by molar-refractivity contribution is -0.137. The Morgan fingerprint density at radius 1 is 1.19 bits per heavy atom. The molecule has 0 unspecified atom stereocenters. The molecule has 0 radical (unpaired) electrons. The highest BCUT2D eigenvalue weighted by atomic mass is 32.1. The fraction of sp³-hybridized carbons (Fsp3) is 0.167. The minimum atomic E-state index is -4.43. The van der Waals surface area contributed by atoms with Crippen LogP contribution in [0.15, 0.2) is 54.2 Å². The van der Waals surface area contributed by atoms with E-state index in [1.54, 1.807) is 29.9 Å². The normalized spacial score (nSPS) is 11.2. The molecule has 1 N–H and O–H groups in total. The van der Waals surface area contributed by atoms with E-state index in [1.165, 1.54) is 23.5 Å². The highest BCUT2D eigenvalue weighted by Gasteiger charge is 2.30. The van der Waals surface area contributed by atoms with Gasteiger partial charge in [0.1, 0.15) is 23.1 Å². The van der Waals surface area contributed by atoms with Crippen LogP contribution in [0.2, 0.25) is 0 Å². The second-order valence-electron chi connectivity index (χ2n) is 5.48. The molecule has 0 atom stereocenters. The summed E-state index contributed by atoms with van der Waals surface area (Å²) in [6.45, 7) is 0.318. The van der Waals surface area contributed by atoms with Crippen LogP contribution < -0.4 is 10.1 Å². The molecule has 5 nitrogen and oxygen atoms in total. The Bertz CT molecular complexity index is 913. The molecule has 2 heterocycles. The van der Waals surface area contributed by atoms with Crippen molar-refractivity contribution in [2.24, 2.45) is 0 Å². The van der Waals surface area contributed by atoms with E-state index in [9.17, 15) is 18.0 Å². The SMILES string of the molecule is O=C(NCc1ccncc1)c1csc(COc2cccc(C(F)(F)F)c2)n1. The molecule has 3 rings (SSSR count). The molecule has 0 fully saturated rings. The number of pyridine rings is 1. The van der Waals surface area contributed by atoms with Gasteiger partial charge in [-0.15, -0.1) is 11.3 Å². The number of nitrogens with one attached hydrogen (secondary N) is 1. The number of amides is 1. The minimum absolute atomic E-state index is 0.0242. The van der Waals surface area contributed by atoms with E-state index >= 15 is 0 Å². The maximum Gasteiger partial charge on any atom is 0.416 e. The number of alkyl halides is 3. The van der Waals surface area contributed by atoms with Crippen molar-refractivity contribution in [1.29, 1.82) is 0 Å². The molecule has 1 amide bonds. The molecular formula is C18H14F3N3O2S. The predicted octanol–water partition coefficient (Wildman–Crippen LogP) is 4.07. The smallest absolute Gasteiger partial charge is 0.416 e. The van der Waals surface area contributed by atoms with Crippen molar-refractivity contribution in [3.05, 3.63) is 76.0 Å². The molecule has 1 aromatic carbocycles. The first-order valence-corrected chi connectivity index (χ1v) is 8.71. The Morgan fingerprint density at radius 2 is 1.96 bits per heavy atom. The van der Waals surface area contributed by atoms with Crippen LogP contribution in [0.5, 0.6) is 5.75 Å². The standard InChI is InChI=1S/C18H14F3N3O2S/c19-18(20,21)13-2-1-3-14(8-13)26-10-16-24-15(11-27-16)17(25)23-9-12-4-6-22-7-5-12/h1-8,11H,9-10H2,(H,23,25). The lowest BCUT2D eigenvalue weighted by atomic mass is 10.2. The molecule has 0 aliphatic heterocycles. The van der Waals surface area contributed by atoms with Crippen molar-refractivity contribution >= 4 is 17.2 Å². The van der Waals surface area contributed by atoms with E-state index < -0.39 is 11.7 Å². The third-order valence-corrected chi connectivity index (χ3v) is 4.33. The number of halogens is 3. The van der Waals surface area contributed by atoms with Crippen molar-refractivity contribution in [2.45, 2.75) is 19.3 Å². The summed E-state index contributed by atoms with van der Waals surface area (Å²) in [6, 6.07) is 8.19. The van der Waals surface area contributed by atoms with Crippen molar-refractivity contribution < 1.29 is 22.7 Å². The first kappa shape index (κ1) is 18.8. The number of carbonyl (C=O) groups is 1. The van der Waals surface area contributed by atoms with Gasteiger partial charge in [0.2, 0.25) is 0 Å². The van der Waals surface area contributed by atoms with Crippen molar-refractivity contribution in [1.82, 2.24) is 15.3 Å². The Kier molecular flexibility index (Phi) is 5.70. The number of hydrogen-bond donors (Lipinski definition) is 1. The Morgan fingerprint density at radius 3 is 2.70 bits per heavy atom. The van der Waals surface area contributed by atoms with Crippen LogP contribution in [0.25, 0.3) is 0 Å². The van der Waals surface area contributed by atoms with Gasteiger partial charge in [-0.3, -0.25) is 9.78 Å². The number of benzene rings is 1. The van der Waals surface area contributed by atoms with Gasteiger partial charge in [-0.1, -0.05) is 6.07 Å². The van der Waals surface area contributed by atoms with Crippen LogP contribution in [0, 0.1) is 0 Å². The first-order chi connectivity index (χ1) is 12.9. The Labute approximate surface area is 156 Å². The average molecular weight is 393 g/mol. The molecule has 0 aliphatic carbocycles. The van der Waals surface area contributed by atoms with Crippen LogP contribution in [-0.4, -0.2) is 15.9 Å².